The number of hydrogen-bond acceptors (Lipinski definition) is 7. The predicted octanol–water partition coefficient (Wildman–Crippen LogP) is 6.57. The van der Waals surface area contributed by atoms with Crippen molar-refractivity contribution in [3.8, 4) is 11.1 Å². The molecule has 3 heterocycles. The van der Waals surface area contributed by atoms with Gasteiger partial charge in [0.2, 0.25) is 0 Å². The van der Waals surface area contributed by atoms with Crippen molar-refractivity contribution in [2.75, 3.05) is 16.4 Å². The van der Waals surface area contributed by atoms with Crippen LogP contribution in [0.3, 0.4) is 0 Å². The number of anilines is 4. The van der Waals surface area contributed by atoms with Gasteiger partial charge in [-0.3, -0.25) is 9.48 Å². The molecule has 0 aliphatic carbocycles. The molecule has 3 aromatic heterocycles. The number of fused-ring (bicyclic) bond motifs is 2. The zero-order valence-electron chi connectivity index (χ0n) is 22.3. The van der Waals surface area contributed by atoms with E-state index in [9.17, 15) is 9.18 Å². The molecule has 41 heavy (non-hydrogen) atoms. The molecular formula is C30H24ClFN8O. The number of aryl methyl sites for hydroxylation is 3. The first kappa shape index (κ1) is 26.1. The molecule has 4 N–H and O–H groups in total. The average molecular weight is 567 g/mol. The summed E-state index contributed by atoms with van der Waals surface area (Å²) in [5, 5.41) is 12.5. The quantitative estimate of drug-likeness (QED) is 0.216. The van der Waals surface area contributed by atoms with E-state index < -0.39 is 5.82 Å². The number of nitrogens with two attached hydrogens (primary N) is 1. The van der Waals surface area contributed by atoms with E-state index in [-0.39, 0.29) is 22.4 Å². The SMILES string of the molecule is Cc1ccc2c(Nc3cccc(Cl)c3F)nccc2c1NC(=O)c1cc(-c2cn(C)nc2C)cc2c(N)ncnc12. The number of rotatable bonds is 5. The number of nitrogens with zero attached hydrogens (tertiary/aromatic N) is 5. The molecule has 9 nitrogen and oxygen atoms in total. The van der Waals surface area contributed by atoms with Gasteiger partial charge in [-0.05, 0) is 55.3 Å². The van der Waals surface area contributed by atoms with Gasteiger partial charge in [0, 0.05) is 41.2 Å². The highest BCUT2D eigenvalue weighted by Gasteiger charge is 2.20. The summed E-state index contributed by atoms with van der Waals surface area (Å²) in [6.07, 6.45) is 4.82. The number of nitrogen functional groups attached to an aromatic ring is 1. The number of carbonyl (C=O) groups excluding carboxylic acids is 1. The van der Waals surface area contributed by atoms with E-state index in [4.69, 9.17) is 17.3 Å². The van der Waals surface area contributed by atoms with E-state index in [0.29, 0.717) is 33.4 Å². The largest absolute Gasteiger partial charge is 0.383 e. The van der Waals surface area contributed by atoms with Gasteiger partial charge in [-0.15, -0.1) is 0 Å². The van der Waals surface area contributed by atoms with Crippen LogP contribution in [0.5, 0.6) is 0 Å². The molecule has 3 aromatic carbocycles. The van der Waals surface area contributed by atoms with Crippen LogP contribution >= 0.6 is 11.6 Å². The van der Waals surface area contributed by atoms with Crippen LogP contribution in [0.15, 0.2) is 67.3 Å². The fraction of sp³-hybridized carbons (Fsp3) is 0.100. The predicted molar refractivity (Wildman–Crippen MR) is 160 cm³/mol. The summed E-state index contributed by atoms with van der Waals surface area (Å²) in [5.74, 6) is -0.271. The summed E-state index contributed by atoms with van der Waals surface area (Å²) in [5.41, 5.74) is 11.0. The highest BCUT2D eigenvalue weighted by molar-refractivity contribution is 6.31. The minimum atomic E-state index is -0.578. The minimum Gasteiger partial charge on any atom is -0.383 e. The van der Waals surface area contributed by atoms with Crippen molar-refractivity contribution in [2.45, 2.75) is 13.8 Å². The Balaban J connectivity index is 1.45. The lowest BCUT2D eigenvalue weighted by Crippen LogP contribution is -2.15. The van der Waals surface area contributed by atoms with Crippen molar-refractivity contribution in [2.24, 2.45) is 7.05 Å². The maximum absolute atomic E-state index is 14.6. The molecule has 6 aromatic rings. The Morgan fingerprint density at radius 1 is 1.02 bits per heavy atom. The number of halogens is 2. The summed E-state index contributed by atoms with van der Waals surface area (Å²) in [4.78, 5) is 26.9. The Labute approximate surface area is 239 Å². The smallest absolute Gasteiger partial charge is 0.257 e. The molecule has 0 atom stereocenters. The van der Waals surface area contributed by atoms with Gasteiger partial charge in [-0.25, -0.2) is 19.3 Å². The number of hydrogen-bond donors (Lipinski definition) is 3. The first-order chi connectivity index (χ1) is 19.7. The van der Waals surface area contributed by atoms with E-state index >= 15 is 0 Å². The number of amides is 1. The van der Waals surface area contributed by atoms with Gasteiger partial charge >= 0.3 is 0 Å². The molecule has 0 aliphatic heterocycles. The number of carbonyl (C=O) groups is 1. The Morgan fingerprint density at radius 2 is 1.85 bits per heavy atom. The third-order valence-electron chi connectivity index (χ3n) is 6.94. The van der Waals surface area contributed by atoms with E-state index in [2.05, 4.69) is 30.7 Å². The molecule has 1 amide bonds. The Bertz CT molecular complexity index is 2010. The molecule has 0 bridgehead atoms. The molecule has 204 valence electrons. The van der Waals surface area contributed by atoms with E-state index in [1.807, 2.05) is 45.3 Å². The monoisotopic (exact) mass is 566 g/mol. The highest BCUT2D eigenvalue weighted by atomic mass is 35.5. The number of nitrogens with one attached hydrogen (secondary N) is 2. The molecule has 0 saturated heterocycles. The van der Waals surface area contributed by atoms with Crippen molar-refractivity contribution < 1.29 is 9.18 Å². The van der Waals surface area contributed by atoms with Crippen LogP contribution in [0.25, 0.3) is 32.8 Å². The second-order valence-corrected chi connectivity index (χ2v) is 10.1. The average Bonchev–Trinajstić information content (AvgIpc) is 3.30. The van der Waals surface area contributed by atoms with Gasteiger partial charge in [-0.2, -0.15) is 5.10 Å². The molecule has 0 saturated carbocycles. The van der Waals surface area contributed by atoms with Gasteiger partial charge in [0.25, 0.3) is 5.91 Å². The van der Waals surface area contributed by atoms with Crippen LogP contribution < -0.4 is 16.4 Å². The standard InChI is InChI=1S/C30H24ClFN8O/c1-15-7-8-19-18(9-10-34-29(19)37-24-6-4-5-23(31)25(24)32)26(15)38-30(41)21-12-17(22-13-40(3)39-16(22)2)11-20-27(21)35-14-36-28(20)33/h4-14H,1-3H3,(H,34,37)(H,38,41)(H2,33,35,36). The van der Waals surface area contributed by atoms with Crippen molar-refractivity contribution in [3.05, 3.63) is 94.9 Å². The van der Waals surface area contributed by atoms with E-state index in [1.54, 1.807) is 35.1 Å². The van der Waals surface area contributed by atoms with Crippen LogP contribution in [0.1, 0.15) is 21.6 Å². The fourth-order valence-corrected chi connectivity index (χ4v) is 5.11. The highest BCUT2D eigenvalue weighted by Crippen LogP contribution is 2.35. The number of pyridine rings is 1. The maximum atomic E-state index is 14.6. The van der Waals surface area contributed by atoms with E-state index in [1.165, 1.54) is 12.4 Å². The van der Waals surface area contributed by atoms with Gasteiger partial charge < -0.3 is 16.4 Å². The Hall–Kier alpha value is -5.09. The maximum Gasteiger partial charge on any atom is 0.257 e. The first-order valence-corrected chi connectivity index (χ1v) is 13.0. The van der Waals surface area contributed by atoms with Crippen molar-refractivity contribution in [3.63, 3.8) is 0 Å². The minimum absolute atomic E-state index is 0.000542. The van der Waals surface area contributed by atoms with Gasteiger partial charge in [-0.1, -0.05) is 29.8 Å². The summed E-state index contributed by atoms with van der Waals surface area (Å²) in [6.45, 7) is 3.80. The molecule has 6 rings (SSSR count). The molecule has 0 aliphatic rings. The second kappa shape index (κ2) is 10.1. The molecule has 11 heteroatoms. The van der Waals surface area contributed by atoms with Gasteiger partial charge in [0.15, 0.2) is 5.82 Å². The normalized spacial score (nSPS) is 11.2. The van der Waals surface area contributed by atoms with Crippen molar-refractivity contribution >= 4 is 62.2 Å². The molecule has 0 unspecified atom stereocenters. The summed E-state index contributed by atoms with van der Waals surface area (Å²) < 4.78 is 16.3. The lowest BCUT2D eigenvalue weighted by atomic mass is 9.99. The van der Waals surface area contributed by atoms with Crippen LogP contribution in [0, 0.1) is 19.7 Å². The topological polar surface area (TPSA) is 124 Å². The van der Waals surface area contributed by atoms with Crippen LogP contribution in [-0.2, 0) is 7.05 Å². The third kappa shape index (κ3) is 4.68. The van der Waals surface area contributed by atoms with Crippen LogP contribution in [0.4, 0.5) is 27.4 Å². The molecule has 0 radical (unpaired) electrons. The van der Waals surface area contributed by atoms with Crippen LogP contribution in [-0.4, -0.2) is 30.6 Å². The lowest BCUT2D eigenvalue weighted by Gasteiger charge is -2.16. The summed E-state index contributed by atoms with van der Waals surface area (Å²) in [7, 11) is 1.84. The Morgan fingerprint density at radius 3 is 2.63 bits per heavy atom. The lowest BCUT2D eigenvalue weighted by molar-refractivity contribution is 0.102. The Kier molecular flexibility index (Phi) is 6.47. The summed E-state index contributed by atoms with van der Waals surface area (Å²) in [6, 6.07) is 13.9. The van der Waals surface area contributed by atoms with Gasteiger partial charge in [0.1, 0.15) is 18.0 Å². The first-order valence-electron chi connectivity index (χ1n) is 12.7. The van der Waals surface area contributed by atoms with E-state index in [0.717, 1.165) is 27.8 Å². The second-order valence-electron chi connectivity index (χ2n) is 9.67. The number of aromatic nitrogens is 5. The van der Waals surface area contributed by atoms with Gasteiger partial charge in [0.05, 0.1) is 33.2 Å². The molecule has 0 fully saturated rings. The number of benzene rings is 3. The van der Waals surface area contributed by atoms with Crippen molar-refractivity contribution in [1.29, 1.82) is 0 Å². The van der Waals surface area contributed by atoms with Crippen LogP contribution in [0.2, 0.25) is 5.02 Å². The summed E-state index contributed by atoms with van der Waals surface area (Å²) >= 11 is 5.97. The zero-order chi connectivity index (χ0) is 28.8. The van der Waals surface area contributed by atoms with Crippen molar-refractivity contribution in [1.82, 2.24) is 24.7 Å². The molecular weight excluding hydrogens is 543 g/mol. The molecule has 0 spiro atoms. The zero-order valence-corrected chi connectivity index (χ0v) is 23.1. The third-order valence-corrected chi connectivity index (χ3v) is 7.23. The fourth-order valence-electron chi connectivity index (χ4n) is 4.94.